The zero-order chi connectivity index (χ0) is 15.7. The van der Waals surface area contributed by atoms with E-state index in [0.29, 0.717) is 12.2 Å². The maximum atomic E-state index is 12.8. The van der Waals surface area contributed by atoms with E-state index in [1.807, 2.05) is 19.1 Å². The molecule has 0 aliphatic heterocycles. The highest BCUT2D eigenvalue weighted by atomic mass is 16.6. The van der Waals surface area contributed by atoms with Gasteiger partial charge in [0.2, 0.25) is 11.9 Å². The Kier molecular flexibility index (Phi) is 4.09. The molecule has 118 valence electrons. The van der Waals surface area contributed by atoms with Crippen LogP contribution in [0.25, 0.3) is 0 Å². The number of anilines is 1. The van der Waals surface area contributed by atoms with E-state index in [9.17, 15) is 14.9 Å². The van der Waals surface area contributed by atoms with E-state index in [-0.39, 0.29) is 16.9 Å². The van der Waals surface area contributed by atoms with Crippen LogP contribution in [0.15, 0.2) is 18.3 Å². The number of nitrogens with zero attached hydrogens (tertiary/aromatic N) is 3. The molecular formula is C16H21N3O3. The van der Waals surface area contributed by atoms with Gasteiger partial charge < -0.3 is 0 Å². The predicted octanol–water partition coefficient (Wildman–Crippen LogP) is 2.72. The van der Waals surface area contributed by atoms with E-state index < -0.39 is 12.0 Å². The first-order valence-corrected chi connectivity index (χ1v) is 7.97. The number of carbonyl (C=O) groups excluding carboxylic acids is 1. The Morgan fingerprint density at radius 2 is 2.05 bits per heavy atom. The summed E-state index contributed by atoms with van der Waals surface area (Å²) in [5.74, 6) is 0.0430. The average molecular weight is 303 g/mol. The molecule has 6 heteroatoms. The van der Waals surface area contributed by atoms with Crippen LogP contribution in [0, 0.1) is 23.0 Å². The van der Waals surface area contributed by atoms with Crippen LogP contribution in [0.2, 0.25) is 0 Å². The minimum Gasteiger partial charge on any atom is -0.293 e. The van der Waals surface area contributed by atoms with Crippen LogP contribution in [-0.2, 0) is 4.79 Å². The molecule has 2 aliphatic rings. The van der Waals surface area contributed by atoms with Crippen LogP contribution in [-0.4, -0.2) is 27.9 Å². The molecule has 0 aromatic carbocycles. The topological polar surface area (TPSA) is 76.3 Å². The van der Waals surface area contributed by atoms with E-state index >= 15 is 0 Å². The Morgan fingerprint density at radius 3 is 2.59 bits per heavy atom. The first-order chi connectivity index (χ1) is 10.6. The lowest BCUT2D eigenvalue weighted by Gasteiger charge is -2.33. The predicted molar refractivity (Wildman–Crippen MR) is 82.2 cm³/mol. The molecule has 22 heavy (non-hydrogen) atoms. The Morgan fingerprint density at radius 1 is 1.32 bits per heavy atom. The number of nitro groups is 1. The summed E-state index contributed by atoms with van der Waals surface area (Å²) in [7, 11) is 0. The summed E-state index contributed by atoms with van der Waals surface area (Å²) < 4.78 is 0. The molecule has 6 nitrogen and oxygen atoms in total. The zero-order valence-electron chi connectivity index (χ0n) is 12.8. The largest absolute Gasteiger partial charge is 0.293 e. The van der Waals surface area contributed by atoms with Crippen LogP contribution in [0.4, 0.5) is 5.82 Å². The second-order valence-corrected chi connectivity index (χ2v) is 6.39. The molecule has 1 heterocycles. The minimum atomic E-state index is -0.705. The van der Waals surface area contributed by atoms with Gasteiger partial charge in [-0.25, -0.2) is 4.98 Å². The van der Waals surface area contributed by atoms with E-state index in [0.717, 1.165) is 31.2 Å². The van der Waals surface area contributed by atoms with Crippen molar-refractivity contribution >= 4 is 11.7 Å². The van der Waals surface area contributed by atoms with Crippen molar-refractivity contribution in [2.75, 3.05) is 4.90 Å². The van der Waals surface area contributed by atoms with Crippen molar-refractivity contribution < 1.29 is 9.72 Å². The molecule has 2 aliphatic carbocycles. The van der Waals surface area contributed by atoms with Crippen LogP contribution in [0.3, 0.4) is 0 Å². The third kappa shape index (κ3) is 2.96. The van der Waals surface area contributed by atoms with Crippen LogP contribution >= 0.6 is 0 Å². The molecular weight excluding hydrogens is 282 g/mol. The van der Waals surface area contributed by atoms with Gasteiger partial charge in [-0.2, -0.15) is 0 Å². The van der Waals surface area contributed by atoms with E-state index in [1.165, 1.54) is 6.42 Å². The molecule has 0 saturated heterocycles. The van der Waals surface area contributed by atoms with Crippen molar-refractivity contribution in [1.82, 2.24) is 4.98 Å². The molecule has 2 saturated carbocycles. The minimum absolute atomic E-state index is 0.120. The number of aryl methyl sites for hydroxylation is 1. The summed E-state index contributed by atoms with van der Waals surface area (Å²) in [5.41, 5.74) is 1.04. The average Bonchev–Trinajstić information content (AvgIpc) is 3.31. The highest BCUT2D eigenvalue weighted by Gasteiger charge is 2.55. The van der Waals surface area contributed by atoms with Crippen LogP contribution in [0.1, 0.15) is 44.1 Å². The molecule has 3 rings (SSSR count). The third-order valence-corrected chi connectivity index (χ3v) is 4.66. The number of hydrogen-bond acceptors (Lipinski definition) is 4. The van der Waals surface area contributed by atoms with Crippen molar-refractivity contribution in [2.24, 2.45) is 5.92 Å². The van der Waals surface area contributed by atoms with Crippen molar-refractivity contribution in [3.05, 3.63) is 34.0 Å². The van der Waals surface area contributed by atoms with Gasteiger partial charge in [0.15, 0.2) is 0 Å². The molecule has 1 aromatic heterocycles. The summed E-state index contributed by atoms with van der Waals surface area (Å²) in [6.45, 7) is 1.95. The van der Waals surface area contributed by atoms with Gasteiger partial charge in [-0.3, -0.25) is 19.8 Å². The smallest absolute Gasteiger partial charge is 0.238 e. The van der Waals surface area contributed by atoms with Gasteiger partial charge in [-0.15, -0.1) is 0 Å². The molecule has 0 unspecified atom stereocenters. The van der Waals surface area contributed by atoms with Crippen molar-refractivity contribution in [2.45, 2.75) is 57.5 Å². The summed E-state index contributed by atoms with van der Waals surface area (Å²) in [6.07, 6.45) is 7.42. The molecule has 0 spiro atoms. The molecule has 1 aromatic rings. The highest BCUT2D eigenvalue weighted by molar-refractivity contribution is 5.96. The lowest BCUT2D eigenvalue weighted by molar-refractivity contribution is -0.497. The number of hydrogen-bond donors (Lipinski definition) is 0. The second kappa shape index (κ2) is 6.02. The summed E-state index contributed by atoms with van der Waals surface area (Å²) in [6, 6.07) is 3.21. The fourth-order valence-corrected chi connectivity index (χ4v) is 3.28. The van der Waals surface area contributed by atoms with Gasteiger partial charge in [0.05, 0.1) is 0 Å². The van der Waals surface area contributed by atoms with E-state index in [1.54, 1.807) is 11.1 Å². The fourth-order valence-electron chi connectivity index (χ4n) is 3.28. The lowest BCUT2D eigenvalue weighted by Crippen LogP contribution is -2.43. The normalized spacial score (nSPS) is 24.8. The van der Waals surface area contributed by atoms with E-state index in [4.69, 9.17) is 0 Å². The highest BCUT2D eigenvalue weighted by Crippen LogP contribution is 2.38. The maximum Gasteiger partial charge on any atom is 0.238 e. The molecule has 1 amide bonds. The zero-order valence-corrected chi connectivity index (χ0v) is 12.8. The molecule has 0 N–H and O–H groups in total. The quantitative estimate of drug-likeness (QED) is 0.633. The van der Waals surface area contributed by atoms with Crippen molar-refractivity contribution in [3.8, 4) is 0 Å². The molecule has 0 bridgehead atoms. The first-order valence-electron chi connectivity index (χ1n) is 7.97. The summed E-state index contributed by atoms with van der Waals surface area (Å²) in [4.78, 5) is 29.5. The number of rotatable bonds is 4. The Balaban J connectivity index is 1.84. The SMILES string of the molecule is Cc1ccc(N(C(=O)[C@@H]2C[C@@H]2[N+](=O)[O-])C2CCCCC2)nc1. The Bertz CT molecular complexity index is 567. The molecule has 0 radical (unpaired) electrons. The maximum absolute atomic E-state index is 12.8. The van der Waals surface area contributed by atoms with Gasteiger partial charge in [0.1, 0.15) is 11.7 Å². The van der Waals surface area contributed by atoms with E-state index in [2.05, 4.69) is 4.98 Å². The van der Waals surface area contributed by atoms with Gasteiger partial charge in [-0.05, 0) is 31.4 Å². The number of carbonyl (C=O) groups is 1. The van der Waals surface area contributed by atoms with Crippen molar-refractivity contribution in [3.63, 3.8) is 0 Å². The van der Waals surface area contributed by atoms with Gasteiger partial charge >= 0.3 is 0 Å². The van der Waals surface area contributed by atoms with Crippen LogP contribution in [0.5, 0.6) is 0 Å². The molecule has 2 fully saturated rings. The third-order valence-electron chi connectivity index (χ3n) is 4.66. The van der Waals surface area contributed by atoms with Crippen LogP contribution < -0.4 is 4.90 Å². The Labute approximate surface area is 129 Å². The molecule has 2 atom stereocenters. The van der Waals surface area contributed by atoms with Gasteiger partial charge in [0.25, 0.3) is 0 Å². The summed E-state index contributed by atoms with van der Waals surface area (Å²) in [5, 5.41) is 10.9. The monoisotopic (exact) mass is 303 g/mol. The second-order valence-electron chi connectivity index (χ2n) is 6.39. The standard InChI is InChI=1S/C16H21N3O3/c1-11-7-8-15(17-10-11)18(12-5-3-2-4-6-12)16(20)13-9-14(13)19(21)22/h7-8,10,12-14H,2-6,9H2,1H3/t13-,14+/m1/s1. The fraction of sp³-hybridized carbons (Fsp3) is 0.625. The first kappa shape index (κ1) is 14.9. The summed E-state index contributed by atoms with van der Waals surface area (Å²) >= 11 is 0. The van der Waals surface area contributed by atoms with Gasteiger partial charge in [0, 0.05) is 23.6 Å². The Hall–Kier alpha value is -1.98. The number of amides is 1. The van der Waals surface area contributed by atoms with Gasteiger partial charge in [-0.1, -0.05) is 25.3 Å². The van der Waals surface area contributed by atoms with Crippen molar-refractivity contribution in [1.29, 1.82) is 0 Å². The lowest BCUT2D eigenvalue weighted by atomic mass is 9.93. The number of aromatic nitrogens is 1. The number of pyridine rings is 1.